The zero-order valence-corrected chi connectivity index (χ0v) is 8.14. The van der Waals surface area contributed by atoms with E-state index < -0.39 is 0 Å². The molecule has 0 amide bonds. The number of ether oxygens (including phenoxy) is 1. The average molecular weight is 171 g/mol. The van der Waals surface area contributed by atoms with E-state index >= 15 is 0 Å². The van der Waals surface area contributed by atoms with Gasteiger partial charge in [0.15, 0.2) is 0 Å². The van der Waals surface area contributed by atoms with E-state index in [0.717, 1.165) is 13.2 Å². The Labute approximate surface area is 76.0 Å². The summed E-state index contributed by atoms with van der Waals surface area (Å²) in [6, 6.07) is 0. The summed E-state index contributed by atoms with van der Waals surface area (Å²) in [5.74, 6) is 0. The van der Waals surface area contributed by atoms with Gasteiger partial charge in [-0.3, -0.25) is 0 Å². The van der Waals surface area contributed by atoms with Crippen molar-refractivity contribution in [3.63, 3.8) is 0 Å². The molecule has 0 saturated carbocycles. The van der Waals surface area contributed by atoms with Crippen molar-refractivity contribution in [1.82, 2.24) is 5.32 Å². The molecule has 0 bridgehead atoms. The molecule has 72 valence electrons. The van der Waals surface area contributed by atoms with Crippen LogP contribution >= 0.6 is 0 Å². The van der Waals surface area contributed by atoms with Gasteiger partial charge in [-0.2, -0.15) is 0 Å². The third-order valence-corrected chi connectivity index (χ3v) is 1.70. The van der Waals surface area contributed by atoms with Gasteiger partial charge in [-0.1, -0.05) is 18.9 Å². The fourth-order valence-electron chi connectivity index (χ4n) is 1.03. The van der Waals surface area contributed by atoms with Crippen molar-refractivity contribution in [2.75, 3.05) is 26.8 Å². The largest absolute Gasteiger partial charge is 0.377 e. The van der Waals surface area contributed by atoms with Crippen LogP contribution in [-0.2, 0) is 4.74 Å². The Kier molecular flexibility index (Phi) is 10.4. The number of rotatable bonds is 9. The Morgan fingerprint density at radius 1 is 1.25 bits per heavy atom. The fraction of sp³-hybridized carbons (Fsp3) is 0.800. The smallest absolute Gasteiger partial charge is 0.0644 e. The van der Waals surface area contributed by atoms with Crippen molar-refractivity contribution >= 4 is 0 Å². The highest BCUT2D eigenvalue weighted by Gasteiger charge is 1.88. The molecular formula is C10H21NO. The maximum absolute atomic E-state index is 5.26. The first-order valence-electron chi connectivity index (χ1n) is 4.75. The van der Waals surface area contributed by atoms with Crippen LogP contribution in [0.4, 0.5) is 0 Å². The molecule has 0 aromatic carbocycles. The molecule has 0 rings (SSSR count). The van der Waals surface area contributed by atoms with Crippen molar-refractivity contribution in [2.24, 2.45) is 0 Å². The van der Waals surface area contributed by atoms with E-state index in [9.17, 15) is 0 Å². The summed E-state index contributed by atoms with van der Waals surface area (Å²) in [6.07, 6.45) is 6.83. The SMILES string of the molecule is C=CCOCCCCCCNC. The Morgan fingerprint density at radius 3 is 2.67 bits per heavy atom. The molecule has 0 atom stereocenters. The zero-order valence-electron chi connectivity index (χ0n) is 8.14. The lowest BCUT2D eigenvalue weighted by atomic mass is 10.2. The second-order valence-electron chi connectivity index (χ2n) is 2.88. The van der Waals surface area contributed by atoms with Crippen LogP contribution in [0.3, 0.4) is 0 Å². The number of unbranched alkanes of at least 4 members (excludes halogenated alkanes) is 3. The molecule has 0 aliphatic rings. The van der Waals surface area contributed by atoms with Gasteiger partial charge >= 0.3 is 0 Å². The highest BCUT2D eigenvalue weighted by Crippen LogP contribution is 1.98. The first kappa shape index (κ1) is 11.7. The summed E-state index contributed by atoms with van der Waals surface area (Å²) in [7, 11) is 1.99. The summed E-state index contributed by atoms with van der Waals surface area (Å²) < 4.78 is 5.26. The molecule has 0 spiro atoms. The van der Waals surface area contributed by atoms with Crippen LogP contribution in [0, 0.1) is 0 Å². The monoisotopic (exact) mass is 171 g/mol. The lowest BCUT2D eigenvalue weighted by Gasteiger charge is -2.01. The summed E-state index contributed by atoms with van der Waals surface area (Å²) >= 11 is 0. The maximum Gasteiger partial charge on any atom is 0.0644 e. The van der Waals surface area contributed by atoms with Crippen LogP contribution in [0.1, 0.15) is 25.7 Å². The van der Waals surface area contributed by atoms with E-state index in [0.29, 0.717) is 6.61 Å². The predicted molar refractivity (Wildman–Crippen MR) is 53.4 cm³/mol. The normalized spacial score (nSPS) is 10.1. The minimum absolute atomic E-state index is 0.691. The van der Waals surface area contributed by atoms with Crippen LogP contribution in [0.2, 0.25) is 0 Å². The molecule has 0 aromatic heterocycles. The Morgan fingerprint density at radius 2 is 2.00 bits per heavy atom. The van der Waals surface area contributed by atoms with Crippen LogP contribution in [0.25, 0.3) is 0 Å². The molecule has 0 radical (unpaired) electrons. The van der Waals surface area contributed by atoms with E-state index in [2.05, 4.69) is 11.9 Å². The first-order chi connectivity index (χ1) is 5.91. The van der Waals surface area contributed by atoms with Crippen LogP contribution < -0.4 is 5.32 Å². The van der Waals surface area contributed by atoms with Crippen LogP contribution in [0.5, 0.6) is 0 Å². The molecule has 2 nitrogen and oxygen atoms in total. The van der Waals surface area contributed by atoms with Crippen LogP contribution in [0.15, 0.2) is 12.7 Å². The Balaban J connectivity index is 2.77. The fourth-order valence-corrected chi connectivity index (χ4v) is 1.03. The zero-order chi connectivity index (χ0) is 9.07. The summed E-state index contributed by atoms with van der Waals surface area (Å²) in [6.45, 7) is 6.29. The quantitative estimate of drug-likeness (QED) is 0.423. The molecule has 0 aromatic rings. The van der Waals surface area contributed by atoms with E-state index in [1.165, 1.54) is 25.7 Å². The summed E-state index contributed by atoms with van der Waals surface area (Å²) in [5.41, 5.74) is 0. The molecule has 12 heavy (non-hydrogen) atoms. The van der Waals surface area contributed by atoms with Crippen molar-refractivity contribution in [1.29, 1.82) is 0 Å². The average Bonchev–Trinajstić information content (AvgIpc) is 2.10. The molecule has 0 unspecified atom stereocenters. The van der Waals surface area contributed by atoms with Crippen LogP contribution in [-0.4, -0.2) is 26.8 Å². The van der Waals surface area contributed by atoms with Gasteiger partial charge in [0, 0.05) is 6.61 Å². The standard InChI is InChI=1S/C10H21NO/c1-3-9-12-10-7-5-4-6-8-11-2/h3,11H,1,4-10H2,2H3. The maximum atomic E-state index is 5.26. The van der Waals surface area contributed by atoms with E-state index in [-0.39, 0.29) is 0 Å². The highest BCUT2D eigenvalue weighted by atomic mass is 16.5. The van der Waals surface area contributed by atoms with Gasteiger partial charge < -0.3 is 10.1 Å². The number of hydrogen-bond donors (Lipinski definition) is 1. The molecule has 2 heteroatoms. The van der Waals surface area contributed by atoms with Gasteiger partial charge in [0.1, 0.15) is 0 Å². The summed E-state index contributed by atoms with van der Waals surface area (Å²) in [4.78, 5) is 0. The van der Waals surface area contributed by atoms with E-state index in [1.54, 1.807) is 6.08 Å². The van der Waals surface area contributed by atoms with E-state index in [1.807, 2.05) is 7.05 Å². The van der Waals surface area contributed by atoms with Gasteiger partial charge in [-0.15, -0.1) is 6.58 Å². The molecule has 1 N–H and O–H groups in total. The van der Waals surface area contributed by atoms with Crippen molar-refractivity contribution < 1.29 is 4.74 Å². The highest BCUT2D eigenvalue weighted by molar-refractivity contribution is 4.63. The minimum atomic E-state index is 0.691. The Hall–Kier alpha value is -0.340. The molecule has 0 fully saturated rings. The molecule has 0 aliphatic carbocycles. The molecule has 0 heterocycles. The topological polar surface area (TPSA) is 21.3 Å². The van der Waals surface area contributed by atoms with Gasteiger partial charge in [-0.25, -0.2) is 0 Å². The number of hydrogen-bond acceptors (Lipinski definition) is 2. The lowest BCUT2D eigenvalue weighted by molar-refractivity contribution is 0.157. The van der Waals surface area contributed by atoms with Gasteiger partial charge in [-0.05, 0) is 26.4 Å². The van der Waals surface area contributed by atoms with Gasteiger partial charge in [0.05, 0.1) is 6.61 Å². The second kappa shape index (κ2) is 10.7. The molecule has 0 aliphatic heterocycles. The van der Waals surface area contributed by atoms with Crippen molar-refractivity contribution in [3.05, 3.63) is 12.7 Å². The van der Waals surface area contributed by atoms with E-state index in [4.69, 9.17) is 4.74 Å². The third kappa shape index (κ3) is 9.66. The second-order valence-corrected chi connectivity index (χ2v) is 2.88. The van der Waals surface area contributed by atoms with Gasteiger partial charge in [0.2, 0.25) is 0 Å². The van der Waals surface area contributed by atoms with Crippen molar-refractivity contribution in [2.45, 2.75) is 25.7 Å². The third-order valence-electron chi connectivity index (χ3n) is 1.70. The Bertz CT molecular complexity index is 93.8. The summed E-state index contributed by atoms with van der Waals surface area (Å²) in [5, 5.41) is 3.13. The van der Waals surface area contributed by atoms with Gasteiger partial charge in [0.25, 0.3) is 0 Å². The predicted octanol–water partition coefficient (Wildman–Crippen LogP) is 1.97. The number of nitrogens with one attached hydrogen (secondary N) is 1. The lowest BCUT2D eigenvalue weighted by Crippen LogP contribution is -2.07. The molecule has 0 saturated heterocycles. The minimum Gasteiger partial charge on any atom is -0.377 e. The first-order valence-corrected chi connectivity index (χ1v) is 4.75. The molecular weight excluding hydrogens is 150 g/mol. The van der Waals surface area contributed by atoms with Crippen molar-refractivity contribution in [3.8, 4) is 0 Å².